The number of rotatable bonds is 11. The molecule has 15 nitrogen and oxygen atoms in total. The van der Waals surface area contributed by atoms with Gasteiger partial charge in [-0.1, -0.05) is 199 Å². The zero-order valence-corrected chi connectivity index (χ0v) is 48.0. The molecule has 2 heterocycles. The van der Waals surface area contributed by atoms with Crippen LogP contribution in [-0.2, 0) is 28.7 Å². The van der Waals surface area contributed by atoms with Crippen molar-refractivity contribution in [2.75, 3.05) is 24.3 Å². The fourth-order valence-corrected chi connectivity index (χ4v) is 10.7. The molecule has 0 radical (unpaired) electrons. The lowest BCUT2D eigenvalue weighted by Gasteiger charge is -2.02. The van der Waals surface area contributed by atoms with E-state index in [9.17, 15) is 19.2 Å². The number of amides is 1. The summed E-state index contributed by atoms with van der Waals surface area (Å²) in [5.41, 5.74) is 23.0. The van der Waals surface area contributed by atoms with Crippen LogP contribution in [0.1, 0.15) is 109 Å². The van der Waals surface area contributed by atoms with Crippen molar-refractivity contribution >= 4 is 70.1 Å². The fraction of sp³-hybridized carbons (Fsp3) is 0.318. The quantitative estimate of drug-likeness (QED) is 0.0355. The van der Waals surface area contributed by atoms with E-state index in [0.717, 1.165) is 27.6 Å². The first-order chi connectivity index (χ1) is 38.7. The largest absolute Gasteiger partial charge is 0.481 e. The van der Waals surface area contributed by atoms with Crippen LogP contribution in [0.15, 0.2) is 175 Å². The molecule has 6 aromatic carbocycles. The van der Waals surface area contributed by atoms with Crippen LogP contribution < -0.4 is 11.1 Å². The molecule has 11 rings (SSSR count). The summed E-state index contributed by atoms with van der Waals surface area (Å²) in [6, 6.07) is 56.2. The predicted molar refractivity (Wildman–Crippen MR) is 321 cm³/mol. The molecule has 3 aliphatic carbocycles. The van der Waals surface area contributed by atoms with Gasteiger partial charge < -0.3 is 35.8 Å². The molecule has 6 atom stereocenters. The second-order valence-electron chi connectivity index (χ2n) is 22.0. The molecule has 422 valence electrons. The predicted octanol–water partition coefficient (Wildman–Crippen LogP) is 13.5. The van der Waals surface area contributed by atoms with Gasteiger partial charge in [-0.25, -0.2) is 14.8 Å². The van der Waals surface area contributed by atoms with Gasteiger partial charge in [-0.2, -0.15) is 4.79 Å². The van der Waals surface area contributed by atoms with Crippen LogP contribution in [0.3, 0.4) is 0 Å². The summed E-state index contributed by atoms with van der Waals surface area (Å²) in [6.07, 6.45) is 2.86. The van der Waals surface area contributed by atoms with E-state index >= 15 is 0 Å². The maximum atomic E-state index is 12.7. The highest BCUT2D eigenvalue weighted by Gasteiger charge is 2.64. The number of nitrogens with one attached hydrogen (secondary N) is 3. The molecule has 0 saturated heterocycles. The Bertz CT molecular complexity index is 3350. The number of aromatic nitrogens is 4. The number of benzene rings is 6. The number of allylic oxidation sites excluding steroid dienone is 1. The molecular weight excluding hydrogens is 1020 g/mol. The van der Waals surface area contributed by atoms with Gasteiger partial charge in [-0.05, 0) is 90.5 Å². The number of aromatic amines is 2. The molecule has 0 spiro atoms. The lowest BCUT2D eigenvalue weighted by atomic mass is 10.0. The highest BCUT2D eigenvalue weighted by molar-refractivity contribution is 6.20. The number of carboxylic acids is 1. The number of carbonyl (C=O) groups is 4. The molecule has 3 saturated carbocycles. The number of ether oxygens (including phenoxy) is 2. The van der Waals surface area contributed by atoms with Gasteiger partial charge in [-0.15, -0.1) is 0 Å². The molecule has 2 aromatic heterocycles. The number of nitrogens with zero attached hydrogens (tertiary/aromatic N) is 4. The van der Waals surface area contributed by atoms with Crippen molar-refractivity contribution in [2.45, 2.75) is 87.0 Å². The number of carbonyl (C=O) groups excluding carboxylic acids is 3. The summed E-state index contributed by atoms with van der Waals surface area (Å²) < 4.78 is 9.45. The summed E-state index contributed by atoms with van der Waals surface area (Å²) in [7, 11) is 0. The van der Waals surface area contributed by atoms with Crippen molar-refractivity contribution in [3.05, 3.63) is 203 Å². The Hall–Kier alpha value is -8.94. The minimum atomic E-state index is -0.677. The molecule has 3 fully saturated rings. The second-order valence-corrected chi connectivity index (χ2v) is 22.0. The van der Waals surface area contributed by atoms with Gasteiger partial charge in [0.05, 0.1) is 53.0 Å². The van der Waals surface area contributed by atoms with Crippen LogP contribution in [0, 0.1) is 34.0 Å². The summed E-state index contributed by atoms with van der Waals surface area (Å²) >= 11 is 0. The van der Waals surface area contributed by atoms with Crippen molar-refractivity contribution in [1.82, 2.24) is 19.9 Å². The fourth-order valence-electron chi connectivity index (χ4n) is 10.7. The third-order valence-electron chi connectivity index (χ3n) is 14.8. The van der Waals surface area contributed by atoms with Crippen LogP contribution in [0.4, 0.5) is 11.9 Å². The molecule has 0 aliphatic heterocycles. The number of fused-ring (bicyclic) bond motifs is 2. The highest BCUT2D eigenvalue weighted by atomic mass is 16.5. The van der Waals surface area contributed by atoms with Gasteiger partial charge in [0.15, 0.2) is 5.95 Å². The monoisotopic (exact) mass is 1090 g/mol. The van der Waals surface area contributed by atoms with E-state index in [0.29, 0.717) is 37.2 Å². The molecular formula is C66H76N8O7. The van der Waals surface area contributed by atoms with E-state index in [1.54, 1.807) is 6.92 Å². The first-order valence-electron chi connectivity index (χ1n) is 27.2. The summed E-state index contributed by atoms with van der Waals surface area (Å²) in [5.74, 6) is 0.190. The van der Waals surface area contributed by atoms with Gasteiger partial charge in [0.1, 0.15) is 0 Å². The molecule has 1 amide bonds. The Morgan fingerprint density at radius 1 is 0.593 bits per heavy atom. The molecule has 3 aliphatic rings. The van der Waals surface area contributed by atoms with E-state index in [-0.39, 0.29) is 57.7 Å². The number of carboxylic acid groups (broad SMARTS) is 1. The number of para-hydroxylation sites is 4. The van der Waals surface area contributed by atoms with Crippen LogP contribution in [-0.4, -0.2) is 73.1 Å². The van der Waals surface area contributed by atoms with Crippen molar-refractivity contribution in [1.29, 1.82) is 0 Å². The first kappa shape index (κ1) is 61.3. The van der Waals surface area contributed by atoms with E-state index in [1.807, 2.05) is 142 Å². The number of H-pyrrole nitrogens is 2. The Balaban J connectivity index is 0.000000163. The van der Waals surface area contributed by atoms with Crippen LogP contribution >= 0.6 is 0 Å². The van der Waals surface area contributed by atoms with E-state index in [4.69, 9.17) is 21.1 Å². The number of anilines is 2. The average molecular weight is 1090 g/mol. The van der Waals surface area contributed by atoms with Gasteiger partial charge in [0, 0.05) is 17.8 Å². The topological polar surface area (TPSA) is 239 Å². The third kappa shape index (κ3) is 16.3. The highest BCUT2D eigenvalue weighted by Crippen LogP contribution is 2.66. The first-order valence-corrected chi connectivity index (χ1v) is 27.2. The average Bonchev–Trinajstić information content (AvgIpc) is 4.45. The van der Waals surface area contributed by atoms with E-state index in [1.165, 1.54) is 22.3 Å². The SMILES string of the molecule is CC(C)=Cc1ccccc1.CC1(C)C(C(=O)Nc2nc3ccccc3[nH]2)C1c1ccccc1.CC1(C)C(C(=O)O)C1c1ccccc1.CCOC(=O)C1C(c2ccccc2)C1(C)C.CCOC(=O)C=[N+]=[N-].Nc1nc2ccccc2[nH]1. The lowest BCUT2D eigenvalue weighted by molar-refractivity contribution is -0.145. The van der Waals surface area contributed by atoms with Crippen molar-refractivity contribution in [3.8, 4) is 0 Å². The summed E-state index contributed by atoms with van der Waals surface area (Å²) in [6.45, 7) is 21.1. The Morgan fingerprint density at radius 3 is 1.43 bits per heavy atom. The van der Waals surface area contributed by atoms with Gasteiger partial charge in [0.2, 0.25) is 11.9 Å². The number of esters is 2. The number of hydrogen-bond donors (Lipinski definition) is 5. The van der Waals surface area contributed by atoms with Gasteiger partial charge >= 0.3 is 24.1 Å². The third-order valence-corrected chi connectivity index (χ3v) is 14.8. The smallest absolute Gasteiger partial charge is 0.413 e. The molecule has 15 heteroatoms. The lowest BCUT2D eigenvalue weighted by Crippen LogP contribution is -2.17. The molecule has 81 heavy (non-hydrogen) atoms. The Kier molecular flexibility index (Phi) is 21.0. The van der Waals surface area contributed by atoms with Crippen molar-refractivity contribution in [2.24, 2.45) is 34.0 Å². The Labute approximate surface area is 475 Å². The zero-order chi connectivity index (χ0) is 58.9. The summed E-state index contributed by atoms with van der Waals surface area (Å²) in [5, 5.41) is 12.0. The van der Waals surface area contributed by atoms with Crippen molar-refractivity contribution in [3.63, 3.8) is 0 Å². The van der Waals surface area contributed by atoms with E-state index < -0.39 is 11.9 Å². The van der Waals surface area contributed by atoms with Crippen molar-refractivity contribution < 1.29 is 38.5 Å². The summed E-state index contributed by atoms with van der Waals surface area (Å²) in [4.78, 5) is 62.5. The van der Waals surface area contributed by atoms with Gasteiger partial charge in [-0.3, -0.25) is 19.7 Å². The molecule has 6 N–H and O–H groups in total. The minimum Gasteiger partial charge on any atom is -0.481 e. The molecule has 8 aromatic rings. The maximum absolute atomic E-state index is 12.7. The number of aliphatic carboxylic acids is 1. The number of hydrogen-bond acceptors (Lipinski definition) is 9. The number of nitrogens with two attached hydrogens (primary N) is 1. The van der Waals surface area contributed by atoms with Crippen LogP contribution in [0.2, 0.25) is 0 Å². The second kappa shape index (κ2) is 27.8. The number of nitrogen functional groups attached to an aromatic ring is 1. The standard InChI is InChI=1S/C19H19N3O.C14H18O2.C12H14O2.C10H12.C7H7N3.C4H6N2O2/c1-19(2)15(12-8-4-3-5-9-12)16(19)17(23)22-18-20-13-10-6-7-11-14(13)21-18;1-4-16-13(15)12-11(14(12,2)3)10-8-6-5-7-9-10;1-12(2)9(10(12)11(13)14)8-6-4-3-5-7-8;1-9(2)8-10-6-4-3-5-7-10;8-7-9-5-3-1-2-4-6(5)10-7;1-2-8-4(7)3-6-5/h3-11,15-16H,1-2H3,(H2,20,21,22,23);5-9,11-12H,4H2,1-3H3;3-7,9-10H,1-2H3,(H,13,14);3-8H,1-2H3;1-4H,(H3,8,9,10);3H,2H2,1H3. The molecule has 6 unspecified atom stereocenters. The minimum absolute atomic E-state index is 0.0230. The van der Waals surface area contributed by atoms with Gasteiger partial charge in [0.25, 0.3) is 0 Å². The normalized spacial score (nSPS) is 19.4. The zero-order valence-electron chi connectivity index (χ0n) is 48.0. The van der Waals surface area contributed by atoms with Crippen LogP contribution in [0.25, 0.3) is 33.7 Å². The molecule has 0 bridgehead atoms. The Morgan fingerprint density at radius 2 is 1.00 bits per heavy atom. The maximum Gasteiger partial charge on any atom is 0.413 e. The number of imidazole rings is 2. The van der Waals surface area contributed by atoms with Crippen LogP contribution in [0.5, 0.6) is 0 Å². The van der Waals surface area contributed by atoms with E-state index in [2.05, 4.69) is 131 Å².